The summed E-state index contributed by atoms with van der Waals surface area (Å²) >= 11 is 0. The molecule has 116 valence electrons. The lowest BCUT2D eigenvalue weighted by molar-refractivity contribution is -0.137. The normalized spacial score (nSPS) is 25.2. The molecule has 1 aliphatic rings. The number of hydrogen-bond acceptors (Lipinski definition) is 3. The van der Waals surface area contributed by atoms with Gasteiger partial charge in [-0.25, -0.2) is 9.80 Å². The molecule has 2 amide bonds. The molecule has 0 aromatic carbocycles. The highest BCUT2D eigenvalue weighted by Crippen LogP contribution is 2.20. The van der Waals surface area contributed by atoms with E-state index in [2.05, 4.69) is 24.6 Å². The minimum Gasteiger partial charge on any atom is -0.481 e. The number of carbonyl (C=O) groups is 2. The Hall–Kier alpha value is -1.30. The molecular weight excluding hydrogens is 258 g/mol. The zero-order valence-corrected chi connectivity index (χ0v) is 12.8. The summed E-state index contributed by atoms with van der Waals surface area (Å²) in [5.41, 5.74) is 2.87. The first-order valence-corrected chi connectivity index (χ1v) is 7.38. The van der Waals surface area contributed by atoms with Crippen molar-refractivity contribution in [3.8, 4) is 0 Å². The molecule has 1 heterocycles. The van der Waals surface area contributed by atoms with Crippen LogP contribution in [0.1, 0.15) is 53.4 Å². The second-order valence-electron chi connectivity index (χ2n) is 6.07. The lowest BCUT2D eigenvalue weighted by atomic mass is 10.00. The van der Waals surface area contributed by atoms with Crippen molar-refractivity contribution >= 4 is 12.0 Å². The molecule has 0 aromatic rings. The van der Waals surface area contributed by atoms with Gasteiger partial charge < -0.3 is 10.4 Å². The van der Waals surface area contributed by atoms with Crippen molar-refractivity contribution in [2.45, 2.75) is 71.5 Å². The summed E-state index contributed by atoms with van der Waals surface area (Å²) in [5, 5.41) is 13.6. The first-order valence-electron chi connectivity index (χ1n) is 7.38. The van der Waals surface area contributed by atoms with Gasteiger partial charge in [0.2, 0.25) is 0 Å². The van der Waals surface area contributed by atoms with E-state index in [1.807, 2.05) is 18.9 Å². The highest BCUT2D eigenvalue weighted by Gasteiger charge is 2.27. The Morgan fingerprint density at radius 3 is 2.25 bits per heavy atom. The summed E-state index contributed by atoms with van der Waals surface area (Å²) in [7, 11) is 0. The molecular formula is C14H27N3O3. The molecule has 1 saturated heterocycles. The van der Waals surface area contributed by atoms with Gasteiger partial charge in [0.05, 0.1) is 6.42 Å². The van der Waals surface area contributed by atoms with Gasteiger partial charge in [-0.15, -0.1) is 0 Å². The summed E-state index contributed by atoms with van der Waals surface area (Å²) in [4.78, 5) is 22.8. The molecule has 3 atom stereocenters. The first kappa shape index (κ1) is 16.8. The van der Waals surface area contributed by atoms with Crippen LogP contribution in [0.4, 0.5) is 4.79 Å². The predicted octanol–water partition coefficient (Wildman–Crippen LogP) is 1.96. The number of nitrogens with zero attached hydrogens (tertiary/aromatic N) is 1. The van der Waals surface area contributed by atoms with Crippen molar-refractivity contribution in [2.24, 2.45) is 5.92 Å². The van der Waals surface area contributed by atoms with Crippen LogP contribution in [0.5, 0.6) is 0 Å². The van der Waals surface area contributed by atoms with E-state index in [-0.39, 0.29) is 24.4 Å². The van der Waals surface area contributed by atoms with Crippen molar-refractivity contribution in [3.05, 3.63) is 0 Å². The van der Waals surface area contributed by atoms with E-state index in [1.165, 1.54) is 6.42 Å². The highest BCUT2D eigenvalue weighted by molar-refractivity contribution is 5.75. The molecule has 1 fully saturated rings. The fourth-order valence-electron chi connectivity index (χ4n) is 2.60. The Balaban J connectivity index is 2.54. The minimum absolute atomic E-state index is 0.0593. The van der Waals surface area contributed by atoms with E-state index >= 15 is 0 Å². The molecule has 0 spiro atoms. The predicted molar refractivity (Wildman–Crippen MR) is 77.2 cm³/mol. The smallest absolute Gasteiger partial charge is 0.329 e. The van der Waals surface area contributed by atoms with Gasteiger partial charge in [0.15, 0.2) is 0 Å². The van der Waals surface area contributed by atoms with Gasteiger partial charge in [-0.1, -0.05) is 20.3 Å². The van der Waals surface area contributed by atoms with Crippen LogP contribution in [0, 0.1) is 5.92 Å². The zero-order valence-electron chi connectivity index (χ0n) is 12.8. The standard InChI is InChI=1S/C14H27N3O3/c1-9(2)12(8-13(18)19)15-14(20)16-17-10(3)6-5-7-11(17)4/h9-12H,5-8H2,1-4H3,(H,18,19)(H2,15,16,20). The Morgan fingerprint density at radius 1 is 1.25 bits per heavy atom. The summed E-state index contributed by atoms with van der Waals surface area (Å²) in [6, 6.07) is -0.0589. The van der Waals surface area contributed by atoms with Gasteiger partial charge in [-0.3, -0.25) is 10.2 Å². The fraction of sp³-hybridized carbons (Fsp3) is 0.857. The van der Waals surface area contributed by atoms with Crippen LogP contribution in [-0.2, 0) is 4.79 Å². The van der Waals surface area contributed by atoms with Gasteiger partial charge in [-0.2, -0.15) is 0 Å². The number of carboxylic acid groups (broad SMARTS) is 1. The largest absolute Gasteiger partial charge is 0.481 e. The van der Waals surface area contributed by atoms with Crippen LogP contribution < -0.4 is 10.7 Å². The number of rotatable bonds is 5. The Kier molecular flexibility index (Phi) is 6.26. The van der Waals surface area contributed by atoms with Crippen molar-refractivity contribution in [1.29, 1.82) is 0 Å². The third-order valence-electron chi connectivity index (χ3n) is 3.94. The third-order valence-corrected chi connectivity index (χ3v) is 3.94. The number of hydrogen-bond donors (Lipinski definition) is 3. The quantitative estimate of drug-likeness (QED) is 0.721. The minimum atomic E-state index is -0.899. The molecule has 6 nitrogen and oxygen atoms in total. The van der Waals surface area contributed by atoms with Gasteiger partial charge in [0, 0.05) is 18.1 Å². The van der Waals surface area contributed by atoms with Crippen molar-refractivity contribution in [3.63, 3.8) is 0 Å². The number of nitrogens with one attached hydrogen (secondary N) is 2. The molecule has 0 aromatic heterocycles. The van der Waals surface area contributed by atoms with Crippen LogP contribution in [-0.4, -0.2) is 40.2 Å². The molecule has 0 bridgehead atoms. The topological polar surface area (TPSA) is 81.7 Å². The Labute approximate surface area is 120 Å². The molecule has 0 aliphatic carbocycles. The monoisotopic (exact) mass is 285 g/mol. The van der Waals surface area contributed by atoms with Crippen LogP contribution in [0.2, 0.25) is 0 Å². The van der Waals surface area contributed by atoms with Crippen molar-refractivity contribution in [1.82, 2.24) is 15.8 Å². The van der Waals surface area contributed by atoms with Gasteiger partial charge in [-0.05, 0) is 32.6 Å². The molecule has 6 heteroatoms. The number of urea groups is 1. The maximum absolute atomic E-state index is 12.0. The summed E-state index contributed by atoms with van der Waals surface area (Å²) in [5.74, 6) is -0.822. The lowest BCUT2D eigenvalue weighted by Gasteiger charge is -2.39. The molecule has 0 radical (unpaired) electrons. The van der Waals surface area contributed by atoms with Crippen LogP contribution in [0.25, 0.3) is 0 Å². The van der Waals surface area contributed by atoms with Gasteiger partial charge >= 0.3 is 12.0 Å². The van der Waals surface area contributed by atoms with Crippen LogP contribution in [0.3, 0.4) is 0 Å². The van der Waals surface area contributed by atoms with Gasteiger partial charge in [0.25, 0.3) is 0 Å². The van der Waals surface area contributed by atoms with Crippen LogP contribution >= 0.6 is 0 Å². The average molecular weight is 285 g/mol. The number of carboxylic acids is 1. The van der Waals surface area contributed by atoms with Crippen LogP contribution in [0.15, 0.2) is 0 Å². The van der Waals surface area contributed by atoms with Crippen molar-refractivity contribution < 1.29 is 14.7 Å². The van der Waals surface area contributed by atoms with E-state index in [0.717, 1.165) is 12.8 Å². The maximum atomic E-state index is 12.0. The number of hydrazine groups is 1. The lowest BCUT2D eigenvalue weighted by Crippen LogP contribution is -2.58. The molecule has 0 saturated carbocycles. The zero-order chi connectivity index (χ0) is 15.3. The van der Waals surface area contributed by atoms with Gasteiger partial charge in [0.1, 0.15) is 0 Å². The molecule has 1 rings (SSSR count). The van der Waals surface area contributed by atoms with E-state index in [1.54, 1.807) is 0 Å². The number of carbonyl (C=O) groups excluding carboxylic acids is 1. The first-order chi connectivity index (χ1) is 9.31. The Bertz CT molecular complexity index is 337. The molecule has 3 N–H and O–H groups in total. The molecule has 3 unspecified atom stereocenters. The van der Waals surface area contributed by atoms with E-state index in [9.17, 15) is 9.59 Å². The number of aliphatic carboxylic acids is 1. The maximum Gasteiger partial charge on any atom is 0.329 e. The highest BCUT2D eigenvalue weighted by atomic mass is 16.4. The number of piperidine rings is 1. The summed E-state index contributed by atoms with van der Waals surface area (Å²) in [6.07, 6.45) is 3.24. The average Bonchev–Trinajstić information content (AvgIpc) is 2.32. The molecule has 20 heavy (non-hydrogen) atoms. The Morgan fingerprint density at radius 2 is 1.80 bits per heavy atom. The van der Waals surface area contributed by atoms with E-state index in [4.69, 9.17) is 5.11 Å². The van der Waals surface area contributed by atoms with Crippen molar-refractivity contribution in [2.75, 3.05) is 0 Å². The van der Waals surface area contributed by atoms with E-state index in [0.29, 0.717) is 12.1 Å². The second-order valence-corrected chi connectivity index (χ2v) is 6.07. The third kappa shape index (κ3) is 5.00. The van der Waals surface area contributed by atoms with E-state index < -0.39 is 5.97 Å². The summed E-state index contributed by atoms with van der Waals surface area (Å²) in [6.45, 7) is 7.99. The number of amides is 2. The fourth-order valence-corrected chi connectivity index (χ4v) is 2.60. The SMILES string of the molecule is CC(C)C(CC(=O)O)NC(=O)NN1C(C)CCCC1C. The second kappa shape index (κ2) is 7.47. The molecule has 1 aliphatic heterocycles. The summed E-state index contributed by atoms with van der Waals surface area (Å²) < 4.78 is 0.